The van der Waals surface area contributed by atoms with E-state index in [4.69, 9.17) is 0 Å². The van der Waals surface area contributed by atoms with Gasteiger partial charge in [0, 0.05) is 43.6 Å². The molecule has 0 atom stereocenters. The SMILES string of the molecule is Cc1ccnn1-c1ccc(C(=O)N2CCN(S(=O)(=O)c3ccc(F)cc3)CC2)cc1. The highest BCUT2D eigenvalue weighted by molar-refractivity contribution is 7.89. The number of hydrogen-bond acceptors (Lipinski definition) is 4. The summed E-state index contributed by atoms with van der Waals surface area (Å²) in [5.41, 5.74) is 2.40. The Morgan fingerprint density at radius 2 is 1.57 bits per heavy atom. The first-order valence-electron chi connectivity index (χ1n) is 9.52. The highest BCUT2D eigenvalue weighted by Gasteiger charge is 2.30. The molecule has 7 nitrogen and oxygen atoms in total. The summed E-state index contributed by atoms with van der Waals surface area (Å²) in [4.78, 5) is 14.5. The van der Waals surface area contributed by atoms with Crippen molar-refractivity contribution in [1.29, 1.82) is 0 Å². The molecule has 30 heavy (non-hydrogen) atoms. The lowest BCUT2D eigenvalue weighted by Crippen LogP contribution is -2.50. The van der Waals surface area contributed by atoms with Crippen LogP contribution in [0.5, 0.6) is 0 Å². The van der Waals surface area contributed by atoms with E-state index in [-0.39, 0.29) is 23.9 Å². The van der Waals surface area contributed by atoms with Crippen LogP contribution in [0.15, 0.2) is 65.7 Å². The van der Waals surface area contributed by atoms with Gasteiger partial charge >= 0.3 is 0 Å². The fourth-order valence-corrected chi connectivity index (χ4v) is 4.88. The van der Waals surface area contributed by atoms with Crippen molar-refractivity contribution >= 4 is 15.9 Å². The summed E-state index contributed by atoms with van der Waals surface area (Å²) < 4.78 is 41.6. The van der Waals surface area contributed by atoms with Crippen molar-refractivity contribution in [2.24, 2.45) is 0 Å². The zero-order valence-electron chi connectivity index (χ0n) is 16.4. The Hall–Kier alpha value is -3.04. The Morgan fingerprint density at radius 3 is 2.13 bits per heavy atom. The Balaban J connectivity index is 1.42. The molecule has 3 aromatic rings. The molecular weight excluding hydrogens is 407 g/mol. The highest BCUT2D eigenvalue weighted by Crippen LogP contribution is 2.19. The Bertz CT molecular complexity index is 1150. The van der Waals surface area contributed by atoms with Crippen LogP contribution in [0.25, 0.3) is 5.69 Å². The maximum absolute atomic E-state index is 13.1. The van der Waals surface area contributed by atoms with E-state index in [9.17, 15) is 17.6 Å². The molecule has 0 saturated carbocycles. The van der Waals surface area contributed by atoms with Gasteiger partial charge < -0.3 is 4.90 Å². The summed E-state index contributed by atoms with van der Waals surface area (Å²) in [5, 5.41) is 4.25. The molecule has 0 radical (unpaired) electrons. The number of halogens is 1. The second-order valence-corrected chi connectivity index (χ2v) is 9.02. The first-order valence-corrected chi connectivity index (χ1v) is 11.0. The average molecular weight is 428 g/mol. The summed E-state index contributed by atoms with van der Waals surface area (Å²) in [5.74, 6) is -0.629. The van der Waals surface area contributed by atoms with Crippen LogP contribution in [-0.4, -0.2) is 59.5 Å². The smallest absolute Gasteiger partial charge is 0.253 e. The van der Waals surface area contributed by atoms with Crippen LogP contribution in [0.3, 0.4) is 0 Å². The van der Waals surface area contributed by atoms with Crippen LogP contribution in [0.2, 0.25) is 0 Å². The zero-order chi connectivity index (χ0) is 21.3. The van der Waals surface area contributed by atoms with E-state index in [2.05, 4.69) is 5.10 Å². The van der Waals surface area contributed by atoms with E-state index in [0.29, 0.717) is 18.7 Å². The molecule has 0 N–H and O–H groups in total. The molecule has 0 unspecified atom stereocenters. The van der Waals surface area contributed by atoms with Gasteiger partial charge in [-0.2, -0.15) is 9.40 Å². The first kappa shape index (κ1) is 20.2. The van der Waals surface area contributed by atoms with Crippen LogP contribution < -0.4 is 0 Å². The quantitative estimate of drug-likeness (QED) is 0.640. The summed E-state index contributed by atoms with van der Waals surface area (Å²) >= 11 is 0. The van der Waals surface area contributed by atoms with Crippen LogP contribution >= 0.6 is 0 Å². The summed E-state index contributed by atoms with van der Waals surface area (Å²) in [6.07, 6.45) is 1.72. The number of nitrogens with zero attached hydrogens (tertiary/aromatic N) is 4. The van der Waals surface area contributed by atoms with Gasteiger partial charge in [0.25, 0.3) is 5.91 Å². The zero-order valence-corrected chi connectivity index (χ0v) is 17.2. The lowest BCUT2D eigenvalue weighted by atomic mass is 10.1. The van der Waals surface area contributed by atoms with Crippen molar-refractivity contribution in [3.63, 3.8) is 0 Å². The Kier molecular flexibility index (Phi) is 5.40. The van der Waals surface area contributed by atoms with E-state index in [0.717, 1.165) is 23.5 Å². The molecule has 1 fully saturated rings. The molecule has 156 valence electrons. The molecule has 1 amide bonds. The van der Waals surface area contributed by atoms with Gasteiger partial charge in [-0.1, -0.05) is 0 Å². The number of piperazine rings is 1. The molecule has 9 heteroatoms. The number of carbonyl (C=O) groups excluding carboxylic acids is 1. The van der Waals surface area contributed by atoms with Crippen molar-refractivity contribution in [2.75, 3.05) is 26.2 Å². The predicted octanol–water partition coefficient (Wildman–Crippen LogP) is 2.47. The molecule has 2 aromatic carbocycles. The van der Waals surface area contributed by atoms with Gasteiger partial charge in [0.1, 0.15) is 5.82 Å². The normalized spacial score (nSPS) is 15.3. The third-order valence-electron chi connectivity index (χ3n) is 5.17. The number of aromatic nitrogens is 2. The topological polar surface area (TPSA) is 75.5 Å². The van der Waals surface area contributed by atoms with Gasteiger partial charge in [0.15, 0.2) is 0 Å². The fraction of sp³-hybridized carbons (Fsp3) is 0.238. The number of benzene rings is 2. The monoisotopic (exact) mass is 428 g/mol. The minimum Gasteiger partial charge on any atom is -0.336 e. The molecule has 0 aliphatic carbocycles. The fourth-order valence-electron chi connectivity index (χ4n) is 3.45. The molecule has 2 heterocycles. The molecule has 4 rings (SSSR count). The van der Waals surface area contributed by atoms with Crippen molar-refractivity contribution < 1.29 is 17.6 Å². The van der Waals surface area contributed by atoms with Crippen molar-refractivity contribution in [1.82, 2.24) is 19.0 Å². The van der Waals surface area contributed by atoms with Gasteiger partial charge in [-0.15, -0.1) is 0 Å². The van der Waals surface area contributed by atoms with Crippen LogP contribution in [-0.2, 0) is 10.0 Å². The Morgan fingerprint density at radius 1 is 0.933 bits per heavy atom. The van der Waals surface area contributed by atoms with Gasteiger partial charge in [0.2, 0.25) is 10.0 Å². The molecule has 1 aliphatic heterocycles. The second kappa shape index (κ2) is 8.00. The van der Waals surface area contributed by atoms with Crippen molar-refractivity contribution in [2.45, 2.75) is 11.8 Å². The van der Waals surface area contributed by atoms with Gasteiger partial charge in [-0.25, -0.2) is 17.5 Å². The lowest BCUT2D eigenvalue weighted by molar-refractivity contribution is 0.0698. The van der Waals surface area contributed by atoms with Crippen molar-refractivity contribution in [3.05, 3.63) is 77.9 Å². The molecule has 1 aliphatic rings. The minimum absolute atomic E-state index is 0.0492. The molecule has 0 spiro atoms. The van der Waals surface area contributed by atoms with E-state index in [1.165, 1.54) is 16.4 Å². The van der Waals surface area contributed by atoms with E-state index >= 15 is 0 Å². The number of hydrogen-bond donors (Lipinski definition) is 0. The van der Waals surface area contributed by atoms with Crippen molar-refractivity contribution in [3.8, 4) is 5.69 Å². The number of sulfonamides is 1. The maximum atomic E-state index is 13.1. The third kappa shape index (κ3) is 3.86. The molecule has 0 bridgehead atoms. The third-order valence-corrected chi connectivity index (χ3v) is 7.08. The molecule has 1 aromatic heterocycles. The van der Waals surface area contributed by atoms with E-state index in [1.54, 1.807) is 27.9 Å². The summed E-state index contributed by atoms with van der Waals surface area (Å²) in [6.45, 7) is 2.91. The van der Waals surface area contributed by atoms with E-state index < -0.39 is 15.8 Å². The predicted molar refractivity (Wildman–Crippen MR) is 109 cm³/mol. The number of aryl methyl sites for hydroxylation is 1. The maximum Gasteiger partial charge on any atom is 0.253 e. The van der Waals surface area contributed by atoms with Gasteiger partial charge in [0.05, 0.1) is 10.6 Å². The van der Waals surface area contributed by atoms with Crippen LogP contribution in [0.4, 0.5) is 4.39 Å². The minimum atomic E-state index is -3.71. The second-order valence-electron chi connectivity index (χ2n) is 7.08. The molecule has 1 saturated heterocycles. The van der Waals surface area contributed by atoms with Gasteiger partial charge in [-0.05, 0) is 61.5 Å². The standard InChI is InChI=1S/C21H21FN4O3S/c1-16-10-11-23-26(16)19-6-2-17(3-7-19)21(27)24-12-14-25(15-13-24)30(28,29)20-8-4-18(22)5-9-20/h2-11H,12-15H2,1H3. The highest BCUT2D eigenvalue weighted by atomic mass is 32.2. The average Bonchev–Trinajstić information content (AvgIpc) is 3.19. The summed E-state index contributed by atoms with van der Waals surface area (Å²) in [6, 6.07) is 13.8. The van der Waals surface area contributed by atoms with Crippen LogP contribution in [0, 0.1) is 12.7 Å². The first-order chi connectivity index (χ1) is 14.4. The van der Waals surface area contributed by atoms with Crippen LogP contribution in [0.1, 0.15) is 16.1 Å². The molecular formula is C21H21FN4O3S. The van der Waals surface area contributed by atoms with E-state index in [1.807, 2.05) is 25.1 Å². The Labute approximate surface area is 174 Å². The van der Waals surface area contributed by atoms with Gasteiger partial charge in [-0.3, -0.25) is 4.79 Å². The number of carbonyl (C=O) groups is 1. The number of amides is 1. The lowest BCUT2D eigenvalue weighted by Gasteiger charge is -2.34. The summed E-state index contributed by atoms with van der Waals surface area (Å²) in [7, 11) is -3.71. The largest absolute Gasteiger partial charge is 0.336 e. The number of rotatable bonds is 4.